The van der Waals surface area contributed by atoms with Crippen LogP contribution in [-0.2, 0) is 47.5 Å². The summed E-state index contributed by atoms with van der Waals surface area (Å²) in [5.74, 6) is -8.34. The number of cyclic esters (lactones) is 2. The van der Waals surface area contributed by atoms with E-state index in [0.717, 1.165) is 0 Å². The third kappa shape index (κ3) is 3.42. The van der Waals surface area contributed by atoms with Crippen molar-refractivity contribution in [2.75, 3.05) is 28.4 Å². The first kappa shape index (κ1) is 24.9. The number of carbonyl (C=O) groups is 2. The van der Waals surface area contributed by atoms with E-state index in [1.54, 1.807) is 6.92 Å². The lowest BCUT2D eigenvalue weighted by atomic mass is 9.84. The molecule has 0 aromatic heterocycles. The van der Waals surface area contributed by atoms with Gasteiger partial charge in [0, 0.05) is 42.3 Å². The fourth-order valence-corrected chi connectivity index (χ4v) is 3.48. The summed E-state index contributed by atoms with van der Waals surface area (Å²) in [4.78, 5) is 25.7. The smallest absolute Gasteiger partial charge is 0.341 e. The Kier molecular flexibility index (Phi) is 6.62. The van der Waals surface area contributed by atoms with Gasteiger partial charge >= 0.3 is 11.9 Å². The summed E-state index contributed by atoms with van der Waals surface area (Å²) in [6, 6.07) is 0. The van der Waals surface area contributed by atoms with Gasteiger partial charge in [-0.05, 0) is 20.3 Å². The summed E-state index contributed by atoms with van der Waals surface area (Å²) < 4.78 is 43.9. The lowest BCUT2D eigenvalue weighted by molar-refractivity contribution is -0.437. The Balaban J connectivity index is 2.48. The average molecular weight is 436 g/mol. The quantitative estimate of drug-likeness (QED) is 0.559. The molecule has 0 aromatic rings. The highest BCUT2D eigenvalue weighted by atomic mass is 16.8. The van der Waals surface area contributed by atoms with Crippen molar-refractivity contribution in [2.45, 2.75) is 82.0 Å². The molecule has 2 heterocycles. The summed E-state index contributed by atoms with van der Waals surface area (Å²) in [6.07, 6.45) is -3.47. The fourth-order valence-electron chi connectivity index (χ4n) is 3.48. The maximum atomic E-state index is 12.8. The lowest BCUT2D eigenvalue weighted by Crippen LogP contribution is -2.74. The number of esters is 2. The van der Waals surface area contributed by atoms with Crippen molar-refractivity contribution in [1.29, 1.82) is 0 Å². The molecule has 2 aliphatic heterocycles. The van der Waals surface area contributed by atoms with Crippen LogP contribution in [0.15, 0.2) is 0 Å². The van der Waals surface area contributed by atoms with Crippen LogP contribution in [0, 0.1) is 0 Å². The minimum absolute atomic E-state index is 0.139. The number of hydrogen-bond acceptors (Lipinski definition) is 11. The second kappa shape index (κ2) is 7.97. The fraction of sp³-hybridized carbons (Fsp3) is 0.895. The zero-order chi connectivity index (χ0) is 23.2. The Bertz CT molecular complexity index is 631. The molecule has 2 fully saturated rings. The topological polar surface area (TPSA) is 128 Å². The Hall–Kier alpha value is -1.34. The number of aliphatic hydroxyl groups is 1. The summed E-state index contributed by atoms with van der Waals surface area (Å²) in [7, 11) is 5.29. The zero-order valence-corrected chi connectivity index (χ0v) is 18.9. The number of rotatable bonds is 7. The zero-order valence-electron chi connectivity index (χ0n) is 18.9. The van der Waals surface area contributed by atoms with Crippen LogP contribution >= 0.6 is 0 Å². The van der Waals surface area contributed by atoms with Crippen LogP contribution in [-0.4, -0.2) is 86.4 Å². The highest BCUT2D eigenvalue weighted by Crippen LogP contribution is 2.45. The number of carbonyl (C=O) groups excluding carboxylic acids is 2. The largest absolute Gasteiger partial charge is 0.425 e. The maximum Gasteiger partial charge on any atom is 0.341 e. The summed E-state index contributed by atoms with van der Waals surface area (Å²) in [5, 5.41) is 11.5. The molecular weight excluding hydrogens is 404 g/mol. The molecule has 11 heteroatoms. The van der Waals surface area contributed by atoms with E-state index in [4.69, 9.17) is 37.9 Å². The van der Waals surface area contributed by atoms with Gasteiger partial charge in [-0.1, -0.05) is 6.92 Å². The van der Waals surface area contributed by atoms with E-state index in [2.05, 4.69) is 0 Å². The van der Waals surface area contributed by atoms with Crippen LogP contribution in [0.4, 0.5) is 0 Å². The van der Waals surface area contributed by atoms with Crippen LogP contribution < -0.4 is 0 Å². The minimum atomic E-state index is -2.20. The summed E-state index contributed by atoms with van der Waals surface area (Å²) >= 11 is 0. The molecule has 0 unspecified atom stereocenters. The molecule has 0 saturated carbocycles. The third-order valence-electron chi connectivity index (χ3n) is 6.39. The standard InChI is InChI=1S/C19H32O11/c1-10-19(22,11-13(20)29-17(4,25-8)15(2,23-6)27-11)12-14(21)30-18(5,26-9)16(3,24-7)28-12/h11-12,22H,10H2,1-9H3/t11-,12-,15-,16-,17-,18-/m1/s1. The van der Waals surface area contributed by atoms with Crippen LogP contribution in [0.1, 0.15) is 41.0 Å². The van der Waals surface area contributed by atoms with E-state index < -0.39 is 52.9 Å². The lowest BCUT2D eigenvalue weighted by Gasteiger charge is -2.54. The molecule has 174 valence electrons. The SMILES string of the molecule is CCC(O)([C@@H]1O[C@@](C)(OC)[C@](C)(OC)OC1=O)[C@@H]1O[C@@](C)(OC)[C@](C)(OC)OC1=O. The predicted octanol–water partition coefficient (Wildman–Crippen LogP) is 0.462. The molecule has 11 nitrogen and oxygen atoms in total. The number of methoxy groups -OCH3 is 4. The maximum absolute atomic E-state index is 12.8. The molecule has 0 radical (unpaired) electrons. The Morgan fingerprint density at radius 3 is 1.30 bits per heavy atom. The Morgan fingerprint density at radius 2 is 1.07 bits per heavy atom. The van der Waals surface area contributed by atoms with E-state index in [1.165, 1.54) is 56.1 Å². The van der Waals surface area contributed by atoms with Crippen LogP contribution in [0.3, 0.4) is 0 Å². The van der Waals surface area contributed by atoms with E-state index in [0.29, 0.717) is 0 Å². The highest BCUT2D eigenvalue weighted by Gasteiger charge is 2.68. The highest BCUT2D eigenvalue weighted by molar-refractivity contribution is 5.83. The van der Waals surface area contributed by atoms with E-state index in [1.807, 2.05) is 0 Å². The second-order valence-corrected chi connectivity index (χ2v) is 7.78. The molecule has 6 atom stereocenters. The summed E-state index contributed by atoms with van der Waals surface area (Å²) in [5.41, 5.74) is -2.20. The van der Waals surface area contributed by atoms with E-state index in [9.17, 15) is 14.7 Å². The monoisotopic (exact) mass is 436 g/mol. The molecule has 2 aliphatic rings. The number of ether oxygens (including phenoxy) is 8. The van der Waals surface area contributed by atoms with Crippen molar-refractivity contribution in [3.8, 4) is 0 Å². The molecule has 2 rings (SSSR count). The van der Waals surface area contributed by atoms with Crippen LogP contribution in [0.25, 0.3) is 0 Å². The Labute approximate surface area is 175 Å². The molecule has 30 heavy (non-hydrogen) atoms. The molecule has 0 bridgehead atoms. The number of hydrogen-bond donors (Lipinski definition) is 1. The normalized spacial score (nSPS) is 42.6. The van der Waals surface area contributed by atoms with Gasteiger partial charge in [-0.15, -0.1) is 0 Å². The van der Waals surface area contributed by atoms with Crippen LogP contribution in [0.2, 0.25) is 0 Å². The van der Waals surface area contributed by atoms with Crippen molar-refractivity contribution in [3.63, 3.8) is 0 Å². The van der Waals surface area contributed by atoms with Gasteiger partial charge in [0.25, 0.3) is 11.6 Å². The van der Waals surface area contributed by atoms with E-state index >= 15 is 0 Å². The van der Waals surface area contributed by atoms with Crippen molar-refractivity contribution >= 4 is 11.9 Å². The first-order valence-electron chi connectivity index (χ1n) is 9.49. The molecular formula is C19H32O11. The molecule has 0 aromatic carbocycles. The third-order valence-corrected chi connectivity index (χ3v) is 6.39. The van der Waals surface area contributed by atoms with Crippen molar-refractivity contribution in [1.82, 2.24) is 0 Å². The molecule has 2 saturated heterocycles. The summed E-state index contributed by atoms with van der Waals surface area (Å²) in [6.45, 7) is 7.41. The van der Waals surface area contributed by atoms with Gasteiger partial charge in [-0.2, -0.15) is 0 Å². The van der Waals surface area contributed by atoms with Gasteiger partial charge in [-0.3, -0.25) is 0 Å². The van der Waals surface area contributed by atoms with Gasteiger partial charge < -0.3 is 43.0 Å². The Morgan fingerprint density at radius 1 is 0.767 bits per heavy atom. The first-order chi connectivity index (χ1) is 13.7. The van der Waals surface area contributed by atoms with Crippen LogP contribution in [0.5, 0.6) is 0 Å². The van der Waals surface area contributed by atoms with Gasteiger partial charge in [0.05, 0.1) is 0 Å². The van der Waals surface area contributed by atoms with E-state index in [-0.39, 0.29) is 6.42 Å². The first-order valence-corrected chi connectivity index (χ1v) is 9.49. The van der Waals surface area contributed by atoms with Crippen molar-refractivity contribution in [2.24, 2.45) is 0 Å². The van der Waals surface area contributed by atoms with Gasteiger partial charge in [0.1, 0.15) is 5.60 Å². The minimum Gasteiger partial charge on any atom is -0.425 e. The van der Waals surface area contributed by atoms with Gasteiger partial charge in [0.15, 0.2) is 12.2 Å². The van der Waals surface area contributed by atoms with Gasteiger partial charge in [-0.25, -0.2) is 9.59 Å². The van der Waals surface area contributed by atoms with Gasteiger partial charge in [0.2, 0.25) is 11.6 Å². The molecule has 1 N–H and O–H groups in total. The second-order valence-electron chi connectivity index (χ2n) is 7.78. The van der Waals surface area contributed by atoms with Crippen molar-refractivity contribution in [3.05, 3.63) is 0 Å². The van der Waals surface area contributed by atoms with Crippen molar-refractivity contribution < 1.29 is 52.6 Å². The molecule has 0 spiro atoms. The average Bonchev–Trinajstić information content (AvgIpc) is 2.72. The molecule has 0 amide bonds. The predicted molar refractivity (Wildman–Crippen MR) is 98.8 cm³/mol. The molecule has 0 aliphatic carbocycles.